The zero-order chi connectivity index (χ0) is 23.7. The maximum atomic E-state index is 5.12. The molecule has 0 aliphatic rings. The van der Waals surface area contributed by atoms with Gasteiger partial charge in [-0.3, -0.25) is 0 Å². The minimum atomic E-state index is -2.23. The van der Waals surface area contributed by atoms with E-state index in [-0.39, 0.29) is 17.0 Å². The van der Waals surface area contributed by atoms with E-state index in [0.717, 1.165) is 16.9 Å². The van der Waals surface area contributed by atoms with Crippen molar-refractivity contribution in [2.24, 2.45) is 7.05 Å². The molecular weight excluding hydrogens is 523 g/mol. The summed E-state index contributed by atoms with van der Waals surface area (Å²) in [5, 5.41) is 5.33. The maximum absolute atomic E-state index is 5.12. The molecule has 0 aliphatic carbocycles. The summed E-state index contributed by atoms with van der Waals surface area (Å²) in [6.45, 7) is 0. The number of benzene rings is 5. The zero-order valence-corrected chi connectivity index (χ0v) is 22.5. The summed E-state index contributed by atoms with van der Waals surface area (Å²) in [6.07, 6.45) is 0. The number of rotatable bonds is 5. The molecule has 0 bridgehead atoms. The molecule has 0 fully saturated rings. The highest BCUT2D eigenvalue weighted by Crippen LogP contribution is 2.55. The summed E-state index contributed by atoms with van der Waals surface area (Å²) in [4.78, 5) is 5.12. The molecule has 2 nitrogen and oxygen atoms in total. The van der Waals surface area contributed by atoms with Crippen LogP contribution in [0.2, 0.25) is 0 Å². The third-order valence-corrected chi connectivity index (χ3v) is 11.1. The predicted molar refractivity (Wildman–Crippen MR) is 151 cm³/mol. The molecule has 0 amide bonds. The third kappa shape index (κ3) is 3.89. The Bertz CT molecular complexity index is 1500. The smallest absolute Gasteiger partial charge is 0.145 e. The van der Waals surface area contributed by atoms with Gasteiger partial charge >= 0.3 is 0 Å². The van der Waals surface area contributed by atoms with E-state index in [9.17, 15) is 0 Å². The fourth-order valence-corrected chi connectivity index (χ4v) is 9.59. The van der Waals surface area contributed by atoms with Crippen LogP contribution in [0.3, 0.4) is 0 Å². The number of imidazole rings is 1. The first-order valence-corrected chi connectivity index (χ1v) is 13.7. The van der Waals surface area contributed by atoms with Crippen LogP contribution < -0.4 is 38.2 Å². The summed E-state index contributed by atoms with van der Waals surface area (Å²) in [5.41, 5.74) is 3.33. The van der Waals surface area contributed by atoms with Gasteiger partial charge in [0.15, 0.2) is 0 Å². The molecule has 176 valence electrons. The van der Waals surface area contributed by atoms with Crippen molar-refractivity contribution in [3.05, 3.63) is 140 Å². The van der Waals surface area contributed by atoms with Gasteiger partial charge < -0.3 is 21.5 Å². The van der Waals surface area contributed by atoms with Crippen LogP contribution in [0.25, 0.3) is 22.4 Å². The predicted octanol–water partition coefficient (Wildman–Crippen LogP) is 2.86. The van der Waals surface area contributed by atoms with E-state index in [1.165, 1.54) is 26.8 Å². The second-order valence-corrected chi connectivity index (χ2v) is 12.1. The van der Waals surface area contributed by atoms with Crippen LogP contribution in [-0.2, 0) is 7.05 Å². The van der Waals surface area contributed by atoms with Crippen LogP contribution in [0.15, 0.2) is 140 Å². The van der Waals surface area contributed by atoms with Gasteiger partial charge in [0.1, 0.15) is 34.3 Å². The minimum Gasteiger partial charge on any atom is -1.00 e. The fourth-order valence-electron chi connectivity index (χ4n) is 5.16. The van der Waals surface area contributed by atoms with Gasteiger partial charge in [0.25, 0.3) is 0 Å². The molecule has 6 rings (SSSR count). The van der Waals surface area contributed by atoms with Crippen molar-refractivity contribution >= 4 is 39.5 Å². The molecule has 36 heavy (non-hydrogen) atoms. The Kier molecular flexibility index (Phi) is 6.87. The molecular formula is C32H26BrN2P. The molecule has 0 radical (unpaired) electrons. The number of halogens is 1. The van der Waals surface area contributed by atoms with E-state index in [2.05, 4.69) is 151 Å². The Morgan fingerprint density at radius 1 is 0.528 bits per heavy atom. The second kappa shape index (κ2) is 10.2. The number of hydrogen-bond donors (Lipinski definition) is 0. The Morgan fingerprint density at radius 3 is 1.50 bits per heavy atom. The Labute approximate surface area is 223 Å². The summed E-state index contributed by atoms with van der Waals surface area (Å²) in [7, 11) is -0.105. The van der Waals surface area contributed by atoms with Gasteiger partial charge in [-0.25, -0.2) is 4.98 Å². The standard InChI is InChI=1S/C32H26N2P.BrH/c1-34-30-23-13-12-22-29(30)33-32(34)28-21-11-14-24-31(28)35(25-15-5-2-6-16-25,26-17-7-3-8-18-26)27-19-9-4-10-20-27;/h2-24H,1H3;1H/q+1;/p-1. The number of aryl methyl sites for hydroxylation is 1. The van der Waals surface area contributed by atoms with Gasteiger partial charge in [-0.2, -0.15) is 0 Å². The molecule has 0 aliphatic heterocycles. The number of hydrogen-bond acceptors (Lipinski definition) is 1. The first-order valence-electron chi connectivity index (χ1n) is 11.9. The van der Waals surface area contributed by atoms with Gasteiger partial charge in [-0.05, 0) is 60.7 Å². The van der Waals surface area contributed by atoms with Gasteiger partial charge in [0.2, 0.25) is 0 Å². The lowest BCUT2D eigenvalue weighted by Crippen LogP contribution is -3.00. The normalized spacial score (nSPS) is 11.2. The van der Waals surface area contributed by atoms with Crippen molar-refractivity contribution in [3.8, 4) is 11.4 Å². The molecule has 4 heteroatoms. The summed E-state index contributed by atoms with van der Waals surface area (Å²) < 4.78 is 2.23. The van der Waals surface area contributed by atoms with E-state index in [1.807, 2.05) is 0 Å². The van der Waals surface area contributed by atoms with Crippen LogP contribution in [0.5, 0.6) is 0 Å². The summed E-state index contributed by atoms with van der Waals surface area (Å²) in [5.74, 6) is 0.994. The van der Waals surface area contributed by atoms with Crippen LogP contribution >= 0.6 is 7.26 Å². The first-order chi connectivity index (χ1) is 17.3. The molecule has 1 aromatic heterocycles. The number of fused-ring (bicyclic) bond motifs is 1. The average molecular weight is 549 g/mol. The number of para-hydroxylation sites is 2. The Hall–Kier alpha value is -3.52. The van der Waals surface area contributed by atoms with Crippen molar-refractivity contribution in [3.63, 3.8) is 0 Å². The molecule has 1 heterocycles. The van der Waals surface area contributed by atoms with Gasteiger partial charge in [-0.15, -0.1) is 0 Å². The highest BCUT2D eigenvalue weighted by molar-refractivity contribution is 8.01. The molecule has 5 aromatic carbocycles. The van der Waals surface area contributed by atoms with Crippen molar-refractivity contribution in [2.45, 2.75) is 0 Å². The Balaban J connectivity index is 0.00000267. The highest BCUT2D eigenvalue weighted by Gasteiger charge is 2.49. The second-order valence-electron chi connectivity index (χ2n) is 8.68. The monoisotopic (exact) mass is 548 g/mol. The molecule has 0 saturated carbocycles. The van der Waals surface area contributed by atoms with Crippen LogP contribution in [0.1, 0.15) is 0 Å². The van der Waals surface area contributed by atoms with Gasteiger partial charge in [0, 0.05) is 7.05 Å². The SMILES string of the molecule is Cn1c(-c2ccccc2[P+](c2ccccc2)(c2ccccc2)c2ccccc2)nc2ccccc21.[Br-]. The van der Waals surface area contributed by atoms with Crippen molar-refractivity contribution in [1.29, 1.82) is 0 Å². The molecule has 6 aromatic rings. The third-order valence-electron chi connectivity index (χ3n) is 6.72. The van der Waals surface area contributed by atoms with Gasteiger partial charge in [0.05, 0.1) is 16.6 Å². The van der Waals surface area contributed by atoms with E-state index in [0.29, 0.717) is 0 Å². The quantitative estimate of drug-likeness (QED) is 0.303. The topological polar surface area (TPSA) is 17.8 Å². The lowest BCUT2D eigenvalue weighted by Gasteiger charge is -2.29. The highest BCUT2D eigenvalue weighted by atomic mass is 79.9. The van der Waals surface area contributed by atoms with Gasteiger partial charge in [-0.1, -0.05) is 78.9 Å². The first kappa shape index (κ1) is 24.2. The summed E-state index contributed by atoms with van der Waals surface area (Å²) in [6, 6.07) is 50.2. The number of aromatic nitrogens is 2. The zero-order valence-electron chi connectivity index (χ0n) is 20.0. The molecule has 0 unspecified atom stereocenters. The maximum Gasteiger partial charge on any atom is 0.145 e. The molecule has 0 saturated heterocycles. The van der Waals surface area contributed by atoms with E-state index < -0.39 is 7.26 Å². The average Bonchev–Trinajstić information content (AvgIpc) is 3.28. The van der Waals surface area contributed by atoms with Crippen molar-refractivity contribution in [1.82, 2.24) is 9.55 Å². The summed E-state index contributed by atoms with van der Waals surface area (Å²) >= 11 is 0. The Morgan fingerprint density at radius 2 is 0.972 bits per heavy atom. The molecule has 0 spiro atoms. The van der Waals surface area contributed by atoms with Crippen LogP contribution in [-0.4, -0.2) is 9.55 Å². The lowest BCUT2D eigenvalue weighted by atomic mass is 10.2. The lowest BCUT2D eigenvalue weighted by molar-refractivity contribution is -0.00000675. The van der Waals surface area contributed by atoms with Crippen LogP contribution in [0, 0.1) is 0 Å². The molecule has 0 atom stereocenters. The number of nitrogens with zero attached hydrogens (tertiary/aromatic N) is 2. The van der Waals surface area contributed by atoms with Crippen LogP contribution in [0.4, 0.5) is 0 Å². The minimum absolute atomic E-state index is 0. The van der Waals surface area contributed by atoms with E-state index in [4.69, 9.17) is 4.98 Å². The fraction of sp³-hybridized carbons (Fsp3) is 0.0312. The van der Waals surface area contributed by atoms with E-state index >= 15 is 0 Å². The van der Waals surface area contributed by atoms with Crippen molar-refractivity contribution in [2.75, 3.05) is 0 Å². The van der Waals surface area contributed by atoms with E-state index in [1.54, 1.807) is 0 Å². The van der Waals surface area contributed by atoms with Crippen molar-refractivity contribution < 1.29 is 17.0 Å². The molecule has 0 N–H and O–H groups in total. The largest absolute Gasteiger partial charge is 1.00 e.